The second-order valence-electron chi connectivity index (χ2n) is 6.42. The van der Waals surface area contributed by atoms with Crippen molar-refractivity contribution in [2.75, 3.05) is 13.6 Å². The lowest BCUT2D eigenvalue weighted by atomic mass is 10.1. The maximum Gasteiger partial charge on any atom is 0.313 e. The van der Waals surface area contributed by atoms with Crippen LogP contribution in [0.2, 0.25) is 0 Å². The van der Waals surface area contributed by atoms with Crippen molar-refractivity contribution in [2.45, 2.75) is 40.2 Å². The normalized spacial score (nSPS) is 11.8. The number of hydrogen-bond acceptors (Lipinski definition) is 3. The van der Waals surface area contributed by atoms with E-state index in [0.29, 0.717) is 11.8 Å². The molecule has 0 atom stereocenters. The maximum atomic E-state index is 11.7. The van der Waals surface area contributed by atoms with Gasteiger partial charge in [-0.2, -0.15) is 0 Å². The summed E-state index contributed by atoms with van der Waals surface area (Å²) in [5.41, 5.74) is 2.31. The summed E-state index contributed by atoms with van der Waals surface area (Å²) in [6.45, 7) is 9.08. The molecule has 0 spiro atoms. The predicted molar refractivity (Wildman–Crippen MR) is 90.2 cm³/mol. The third-order valence-corrected chi connectivity index (χ3v) is 4.04. The van der Waals surface area contributed by atoms with Crippen molar-refractivity contribution in [3.8, 4) is 5.75 Å². The summed E-state index contributed by atoms with van der Waals surface area (Å²) in [5, 5.41) is 1.20. The van der Waals surface area contributed by atoms with Crippen LogP contribution in [0, 0.1) is 5.92 Å². The number of carbonyl (C=O) groups excluding carboxylic acids is 1. The number of ether oxygens (including phenoxy) is 1. The maximum absolute atomic E-state index is 11.7. The van der Waals surface area contributed by atoms with E-state index in [4.69, 9.17) is 4.74 Å². The Morgan fingerprint density at radius 2 is 2.00 bits per heavy atom. The first kappa shape index (κ1) is 16.6. The number of benzene rings is 1. The van der Waals surface area contributed by atoms with Gasteiger partial charge in [0.15, 0.2) is 0 Å². The first-order valence-corrected chi connectivity index (χ1v) is 7.90. The van der Waals surface area contributed by atoms with E-state index in [2.05, 4.69) is 30.8 Å². The van der Waals surface area contributed by atoms with Gasteiger partial charge >= 0.3 is 5.97 Å². The fraction of sp³-hybridized carbons (Fsp3) is 0.500. The molecule has 4 nitrogen and oxygen atoms in total. The largest absolute Gasteiger partial charge is 0.426 e. The molecule has 0 unspecified atom stereocenters. The van der Waals surface area contributed by atoms with Crippen molar-refractivity contribution in [1.29, 1.82) is 0 Å². The standard InChI is InChI=1S/C18H26N2O2/c1-12(2)18(21)22-15-6-7-16-14(11-19-17(16)10-15)8-9-20(5)13(3)4/h6-7,10-13,19H,8-9H2,1-5H3. The number of aromatic nitrogens is 1. The molecule has 4 heteroatoms. The van der Waals surface area contributed by atoms with E-state index in [9.17, 15) is 4.79 Å². The zero-order valence-corrected chi connectivity index (χ0v) is 14.1. The van der Waals surface area contributed by atoms with E-state index in [1.807, 2.05) is 38.2 Å². The van der Waals surface area contributed by atoms with Gasteiger partial charge in [-0.1, -0.05) is 13.8 Å². The van der Waals surface area contributed by atoms with Crippen LogP contribution in [-0.4, -0.2) is 35.5 Å². The Labute approximate surface area is 132 Å². The molecule has 120 valence electrons. The molecule has 0 radical (unpaired) electrons. The first-order chi connectivity index (χ1) is 10.4. The van der Waals surface area contributed by atoms with Crippen LogP contribution in [0.1, 0.15) is 33.3 Å². The van der Waals surface area contributed by atoms with Crippen LogP contribution >= 0.6 is 0 Å². The van der Waals surface area contributed by atoms with Crippen molar-refractivity contribution in [1.82, 2.24) is 9.88 Å². The van der Waals surface area contributed by atoms with E-state index in [1.54, 1.807) is 0 Å². The zero-order chi connectivity index (χ0) is 16.3. The Balaban J connectivity index is 2.11. The summed E-state index contributed by atoms with van der Waals surface area (Å²) in [5.74, 6) is 0.269. The number of nitrogens with zero attached hydrogens (tertiary/aromatic N) is 1. The van der Waals surface area contributed by atoms with Gasteiger partial charge in [-0.15, -0.1) is 0 Å². The summed E-state index contributed by atoms with van der Waals surface area (Å²) in [6.07, 6.45) is 3.05. The summed E-state index contributed by atoms with van der Waals surface area (Å²) in [4.78, 5) is 17.3. The molecule has 0 aliphatic rings. The molecule has 0 bridgehead atoms. The van der Waals surface area contributed by atoms with E-state index in [-0.39, 0.29) is 11.9 Å². The molecule has 1 aromatic heterocycles. The van der Waals surface area contributed by atoms with Gasteiger partial charge in [0.25, 0.3) is 0 Å². The van der Waals surface area contributed by atoms with Gasteiger partial charge in [0, 0.05) is 35.8 Å². The Kier molecular flexibility index (Phi) is 5.24. The molecule has 1 heterocycles. The smallest absolute Gasteiger partial charge is 0.313 e. The minimum absolute atomic E-state index is 0.124. The Hall–Kier alpha value is -1.81. The number of esters is 1. The first-order valence-electron chi connectivity index (χ1n) is 7.90. The number of nitrogens with one attached hydrogen (secondary N) is 1. The molecule has 0 saturated carbocycles. The van der Waals surface area contributed by atoms with Crippen LogP contribution in [-0.2, 0) is 11.2 Å². The molecule has 0 saturated heterocycles. The second-order valence-corrected chi connectivity index (χ2v) is 6.42. The minimum Gasteiger partial charge on any atom is -0.426 e. The molecule has 1 aromatic carbocycles. The quantitative estimate of drug-likeness (QED) is 0.655. The third kappa shape index (κ3) is 3.89. The lowest BCUT2D eigenvalue weighted by Gasteiger charge is -2.20. The van der Waals surface area contributed by atoms with Crippen molar-refractivity contribution < 1.29 is 9.53 Å². The van der Waals surface area contributed by atoms with Crippen LogP contribution < -0.4 is 4.74 Å². The molecule has 1 N–H and O–H groups in total. The summed E-state index contributed by atoms with van der Waals surface area (Å²) in [6, 6.07) is 6.34. The van der Waals surface area contributed by atoms with Crippen LogP contribution in [0.4, 0.5) is 0 Å². The van der Waals surface area contributed by atoms with Crippen LogP contribution in [0.5, 0.6) is 5.75 Å². The lowest BCUT2D eigenvalue weighted by molar-refractivity contribution is -0.137. The van der Waals surface area contributed by atoms with Crippen molar-refractivity contribution in [3.05, 3.63) is 30.0 Å². The average molecular weight is 302 g/mol. The average Bonchev–Trinajstić information content (AvgIpc) is 2.86. The molecular weight excluding hydrogens is 276 g/mol. The van der Waals surface area contributed by atoms with Gasteiger partial charge in [0.1, 0.15) is 5.75 Å². The van der Waals surface area contributed by atoms with E-state index >= 15 is 0 Å². The fourth-order valence-electron chi connectivity index (χ4n) is 2.22. The highest BCUT2D eigenvalue weighted by Gasteiger charge is 2.12. The molecule has 2 rings (SSSR count). The van der Waals surface area contributed by atoms with Gasteiger partial charge in [0.05, 0.1) is 5.92 Å². The molecule has 0 aliphatic heterocycles. The SMILES string of the molecule is CC(C)C(=O)Oc1ccc2c(CCN(C)C(C)C)c[nH]c2c1. The van der Waals surface area contributed by atoms with Crippen LogP contribution in [0.3, 0.4) is 0 Å². The number of H-pyrrole nitrogens is 1. The molecule has 0 aliphatic carbocycles. The molecule has 0 amide bonds. The number of aromatic amines is 1. The van der Waals surface area contributed by atoms with Crippen molar-refractivity contribution >= 4 is 16.9 Å². The molecule has 2 aromatic rings. The Morgan fingerprint density at radius 3 is 2.64 bits per heavy atom. The Morgan fingerprint density at radius 1 is 1.27 bits per heavy atom. The monoisotopic (exact) mass is 302 g/mol. The summed E-state index contributed by atoms with van der Waals surface area (Å²) >= 11 is 0. The molecule has 22 heavy (non-hydrogen) atoms. The fourth-order valence-corrected chi connectivity index (χ4v) is 2.22. The van der Waals surface area contributed by atoms with Gasteiger partial charge in [0.2, 0.25) is 0 Å². The predicted octanol–water partition coefficient (Wildman–Crippen LogP) is 3.61. The highest BCUT2D eigenvalue weighted by atomic mass is 16.5. The highest BCUT2D eigenvalue weighted by Crippen LogP contribution is 2.24. The Bertz CT molecular complexity index is 644. The number of carbonyl (C=O) groups is 1. The van der Waals surface area contributed by atoms with Crippen LogP contribution in [0.25, 0.3) is 10.9 Å². The summed E-state index contributed by atoms with van der Waals surface area (Å²) < 4.78 is 5.36. The lowest BCUT2D eigenvalue weighted by Crippen LogP contribution is -2.28. The van der Waals surface area contributed by atoms with Gasteiger partial charge in [-0.3, -0.25) is 4.79 Å². The molecular formula is C18H26N2O2. The topological polar surface area (TPSA) is 45.3 Å². The number of hydrogen-bond donors (Lipinski definition) is 1. The number of likely N-dealkylation sites (N-methyl/N-ethyl adjacent to an activating group) is 1. The van der Waals surface area contributed by atoms with E-state index in [0.717, 1.165) is 18.5 Å². The van der Waals surface area contributed by atoms with Crippen LogP contribution in [0.15, 0.2) is 24.4 Å². The van der Waals surface area contributed by atoms with Crippen molar-refractivity contribution in [3.63, 3.8) is 0 Å². The van der Waals surface area contributed by atoms with Crippen molar-refractivity contribution in [2.24, 2.45) is 5.92 Å². The number of rotatable bonds is 6. The van der Waals surface area contributed by atoms with E-state index < -0.39 is 0 Å². The zero-order valence-electron chi connectivity index (χ0n) is 14.1. The summed E-state index contributed by atoms with van der Waals surface area (Å²) in [7, 11) is 2.14. The van der Waals surface area contributed by atoms with E-state index in [1.165, 1.54) is 10.9 Å². The minimum atomic E-state index is -0.204. The highest BCUT2D eigenvalue weighted by molar-refractivity contribution is 5.85. The second kappa shape index (κ2) is 6.97. The van der Waals surface area contributed by atoms with Gasteiger partial charge < -0.3 is 14.6 Å². The van der Waals surface area contributed by atoms with Gasteiger partial charge in [-0.05, 0) is 45.0 Å². The molecule has 0 fully saturated rings. The third-order valence-electron chi connectivity index (χ3n) is 4.04. The number of fused-ring (bicyclic) bond motifs is 1. The van der Waals surface area contributed by atoms with Gasteiger partial charge in [-0.25, -0.2) is 0 Å².